The molecular formula is C32H30N4O6S. The lowest BCUT2D eigenvalue weighted by atomic mass is 10.1. The van der Waals surface area contributed by atoms with Gasteiger partial charge in [0.15, 0.2) is 0 Å². The molecule has 0 bridgehead atoms. The number of nitrogens with one attached hydrogen (secondary N) is 1. The zero-order chi connectivity index (χ0) is 30.1. The van der Waals surface area contributed by atoms with Crippen molar-refractivity contribution in [3.05, 3.63) is 90.3 Å². The molecule has 43 heavy (non-hydrogen) atoms. The van der Waals surface area contributed by atoms with Crippen molar-refractivity contribution in [1.82, 2.24) is 20.2 Å². The third-order valence-electron chi connectivity index (χ3n) is 8.00. The van der Waals surface area contributed by atoms with Crippen LogP contribution in [0.3, 0.4) is 0 Å². The summed E-state index contributed by atoms with van der Waals surface area (Å²) in [6.45, 7) is 3.67. The van der Waals surface area contributed by atoms with Gasteiger partial charge in [0.05, 0.1) is 22.5 Å². The molecule has 2 fully saturated rings. The molecule has 10 nitrogen and oxygen atoms in total. The first-order valence-electron chi connectivity index (χ1n) is 14.0. The van der Waals surface area contributed by atoms with Gasteiger partial charge in [0.2, 0.25) is 11.8 Å². The largest absolute Gasteiger partial charge is 0.479 e. The summed E-state index contributed by atoms with van der Waals surface area (Å²) in [5.74, 6) is -2.58. The minimum Gasteiger partial charge on any atom is -0.479 e. The van der Waals surface area contributed by atoms with E-state index in [0.717, 1.165) is 10.4 Å². The van der Waals surface area contributed by atoms with Gasteiger partial charge in [-0.05, 0) is 35.6 Å². The van der Waals surface area contributed by atoms with Crippen LogP contribution in [-0.4, -0.2) is 73.2 Å². The number of nitrogens with zero attached hydrogens (tertiary/aromatic N) is 3. The Morgan fingerprint density at radius 3 is 2.47 bits per heavy atom. The molecule has 1 aliphatic carbocycles. The lowest BCUT2D eigenvalue weighted by molar-refractivity contribution is -0.147. The van der Waals surface area contributed by atoms with E-state index in [2.05, 4.69) is 11.9 Å². The molecule has 4 aromatic rings. The van der Waals surface area contributed by atoms with Crippen LogP contribution in [0.1, 0.15) is 18.4 Å². The molecule has 5 atom stereocenters. The van der Waals surface area contributed by atoms with Crippen LogP contribution >= 0.6 is 11.3 Å². The third-order valence-corrected chi connectivity index (χ3v) is 8.88. The number of aliphatic hydroxyl groups is 1. The number of carbonyl (C=O) groups excluding carboxylic acids is 2. The molecule has 1 saturated heterocycles. The fourth-order valence-electron chi connectivity index (χ4n) is 5.61. The number of para-hydroxylation sites is 2. The summed E-state index contributed by atoms with van der Waals surface area (Å²) in [4.78, 5) is 50.9. The summed E-state index contributed by atoms with van der Waals surface area (Å²) < 4.78 is 6.38. The Kier molecular flexibility index (Phi) is 7.68. The van der Waals surface area contributed by atoms with Gasteiger partial charge in [0, 0.05) is 18.8 Å². The van der Waals surface area contributed by atoms with Crippen LogP contribution < -0.4 is 10.1 Å². The average molecular weight is 599 g/mol. The lowest BCUT2D eigenvalue weighted by Crippen LogP contribution is -2.54. The topological polar surface area (TPSA) is 142 Å². The van der Waals surface area contributed by atoms with Crippen LogP contribution in [0.5, 0.6) is 5.88 Å². The Balaban J connectivity index is 1.29. The monoisotopic (exact) mass is 598 g/mol. The van der Waals surface area contributed by atoms with Crippen LogP contribution in [-0.2, 0) is 20.8 Å². The van der Waals surface area contributed by atoms with E-state index in [0.29, 0.717) is 16.7 Å². The van der Waals surface area contributed by atoms with Crippen molar-refractivity contribution in [3.63, 3.8) is 0 Å². The van der Waals surface area contributed by atoms with Crippen LogP contribution in [0, 0.1) is 5.92 Å². The van der Waals surface area contributed by atoms with E-state index in [1.54, 1.807) is 12.1 Å². The van der Waals surface area contributed by atoms with Gasteiger partial charge in [-0.3, -0.25) is 9.59 Å². The number of hydrogen-bond donors (Lipinski definition) is 3. The molecule has 2 aromatic carbocycles. The highest BCUT2D eigenvalue weighted by molar-refractivity contribution is 7.13. The zero-order valence-electron chi connectivity index (χ0n) is 23.1. The number of aliphatic hydroxyl groups excluding tert-OH is 1. The Bertz CT molecular complexity index is 1680. The number of aliphatic carboxylic acids is 1. The number of rotatable bonds is 10. The van der Waals surface area contributed by atoms with E-state index in [1.165, 1.54) is 22.3 Å². The van der Waals surface area contributed by atoms with Crippen molar-refractivity contribution >= 4 is 40.2 Å². The quantitative estimate of drug-likeness (QED) is 0.236. The molecule has 3 heterocycles. The summed E-state index contributed by atoms with van der Waals surface area (Å²) in [6, 6.07) is 19.2. The maximum Gasteiger partial charge on any atom is 0.330 e. The molecule has 220 valence electrons. The molecule has 2 aromatic heterocycles. The first-order valence-corrected chi connectivity index (χ1v) is 14.8. The summed E-state index contributed by atoms with van der Waals surface area (Å²) in [7, 11) is 0. The second-order valence-electron chi connectivity index (χ2n) is 10.8. The molecule has 2 amide bonds. The maximum absolute atomic E-state index is 13.6. The molecular weight excluding hydrogens is 568 g/mol. The molecule has 1 saturated carbocycles. The molecule has 6 rings (SSSR count). The van der Waals surface area contributed by atoms with Crippen molar-refractivity contribution < 1.29 is 29.3 Å². The van der Waals surface area contributed by atoms with E-state index in [9.17, 15) is 24.6 Å². The Morgan fingerprint density at radius 2 is 1.81 bits per heavy atom. The fourth-order valence-corrected chi connectivity index (χ4v) is 6.31. The molecule has 2 aliphatic rings. The van der Waals surface area contributed by atoms with E-state index in [4.69, 9.17) is 14.7 Å². The van der Waals surface area contributed by atoms with E-state index >= 15 is 0 Å². The first kappa shape index (κ1) is 28.5. The average Bonchev–Trinajstić information content (AvgIpc) is 3.31. The van der Waals surface area contributed by atoms with Crippen molar-refractivity contribution in [2.75, 3.05) is 6.54 Å². The molecule has 1 aliphatic heterocycles. The summed E-state index contributed by atoms with van der Waals surface area (Å²) in [6.07, 6.45) is -0.228. The van der Waals surface area contributed by atoms with Gasteiger partial charge < -0.3 is 25.2 Å². The number of amides is 2. The second kappa shape index (κ2) is 11.6. The molecule has 11 heteroatoms. The Labute approximate surface area is 251 Å². The van der Waals surface area contributed by atoms with Gasteiger partial charge in [0.25, 0.3) is 5.91 Å². The van der Waals surface area contributed by atoms with Crippen LogP contribution in [0.4, 0.5) is 0 Å². The molecule has 0 unspecified atom stereocenters. The van der Waals surface area contributed by atoms with Crippen LogP contribution in [0.2, 0.25) is 0 Å². The van der Waals surface area contributed by atoms with E-state index in [-0.39, 0.29) is 31.7 Å². The molecule has 0 spiro atoms. The predicted octanol–water partition coefficient (Wildman–Crippen LogP) is 3.46. The number of fused-ring (bicyclic) bond motifs is 1. The fraction of sp³-hybridized carbons (Fsp3) is 0.281. The molecule has 0 radical (unpaired) electrons. The van der Waals surface area contributed by atoms with Gasteiger partial charge >= 0.3 is 5.97 Å². The first-order chi connectivity index (χ1) is 20.8. The van der Waals surface area contributed by atoms with Crippen molar-refractivity contribution in [2.24, 2.45) is 5.92 Å². The number of aromatic nitrogens is 2. The standard InChI is InChI=1S/C32H30N4O6S/c1-2-20-17-32(20,31(40)41)35-28(38)24-16-21(18-36(24)30(39)25(37)15-19-9-4-3-5-10-19)42-29-27(26-13-8-14-43-26)33-22-11-6-7-12-23(22)34-29/h2-14,20-21,24-25,37H,1,15-18H2,(H,35,38)(H,40,41)/t20-,21-,24+,25+,32-/m1/s1. The van der Waals surface area contributed by atoms with Gasteiger partial charge in [0.1, 0.15) is 29.5 Å². The summed E-state index contributed by atoms with van der Waals surface area (Å²) in [5.41, 5.74) is 1.16. The highest BCUT2D eigenvalue weighted by Crippen LogP contribution is 2.45. The van der Waals surface area contributed by atoms with E-state index in [1.807, 2.05) is 60.0 Å². The van der Waals surface area contributed by atoms with Crippen molar-refractivity contribution in [1.29, 1.82) is 0 Å². The normalized spacial score (nSPS) is 23.5. The second-order valence-corrected chi connectivity index (χ2v) is 11.8. The number of carboxylic acid groups (broad SMARTS) is 1. The SMILES string of the molecule is C=C[C@@H]1C[C@]1(NC(=O)[C@@H]1C[C@@H](Oc2nc3ccccc3nc2-c2cccs2)CN1C(=O)[C@@H](O)Cc1ccccc1)C(=O)O. The highest BCUT2D eigenvalue weighted by Gasteiger charge is 2.61. The predicted molar refractivity (Wildman–Crippen MR) is 160 cm³/mol. The van der Waals surface area contributed by atoms with Gasteiger partial charge in [-0.1, -0.05) is 54.6 Å². The number of benzene rings is 2. The third kappa shape index (κ3) is 5.61. The van der Waals surface area contributed by atoms with Gasteiger partial charge in [-0.25, -0.2) is 14.8 Å². The number of thiophene rings is 1. The molecule has 3 N–H and O–H groups in total. The Morgan fingerprint density at radius 1 is 1.09 bits per heavy atom. The lowest BCUT2D eigenvalue weighted by Gasteiger charge is -2.27. The number of ether oxygens (including phenoxy) is 1. The number of likely N-dealkylation sites (tertiary alicyclic amines) is 1. The van der Waals surface area contributed by atoms with Crippen LogP contribution in [0.25, 0.3) is 21.6 Å². The van der Waals surface area contributed by atoms with Crippen molar-refractivity contribution in [2.45, 2.75) is 43.1 Å². The smallest absolute Gasteiger partial charge is 0.330 e. The van der Waals surface area contributed by atoms with E-state index < -0.39 is 47.5 Å². The van der Waals surface area contributed by atoms with Gasteiger partial charge in [-0.2, -0.15) is 0 Å². The van der Waals surface area contributed by atoms with Gasteiger partial charge in [-0.15, -0.1) is 17.9 Å². The zero-order valence-corrected chi connectivity index (χ0v) is 23.9. The van der Waals surface area contributed by atoms with Crippen LogP contribution in [0.15, 0.2) is 84.8 Å². The number of carbonyl (C=O) groups is 3. The maximum atomic E-state index is 13.6. The number of carboxylic acids is 1. The summed E-state index contributed by atoms with van der Waals surface area (Å²) >= 11 is 1.48. The highest BCUT2D eigenvalue weighted by atomic mass is 32.1. The Hall–Kier alpha value is -4.61. The van der Waals surface area contributed by atoms with Crippen molar-refractivity contribution in [3.8, 4) is 16.5 Å². The minimum atomic E-state index is -1.47. The number of hydrogen-bond acceptors (Lipinski definition) is 8. The summed E-state index contributed by atoms with van der Waals surface area (Å²) in [5, 5.41) is 25.4. The minimum absolute atomic E-state index is 0.00782.